The first kappa shape index (κ1) is 13.1. The van der Waals surface area contributed by atoms with Crippen molar-refractivity contribution >= 4 is 17.7 Å². The first-order chi connectivity index (χ1) is 7.63. The fraction of sp³-hybridized carbons (Fsp3) is 0.417. The van der Waals surface area contributed by atoms with Gasteiger partial charge in [0.05, 0.1) is 0 Å². The van der Waals surface area contributed by atoms with Gasteiger partial charge in [0.1, 0.15) is 5.75 Å². The Labute approximate surface area is 101 Å². The molecule has 0 saturated carbocycles. The molecule has 1 aromatic carbocycles. The molecule has 0 aliphatic heterocycles. The van der Waals surface area contributed by atoms with E-state index in [0.29, 0.717) is 6.42 Å². The average Bonchev–Trinajstić information content (AvgIpc) is 2.28. The van der Waals surface area contributed by atoms with Crippen LogP contribution in [0.1, 0.15) is 12.5 Å². The number of methoxy groups -OCH3 is 1. The molecular formula is C12H16O3S. The van der Waals surface area contributed by atoms with E-state index in [1.165, 1.54) is 0 Å². The zero-order valence-corrected chi connectivity index (χ0v) is 10.4. The van der Waals surface area contributed by atoms with Crippen LogP contribution in [0.5, 0.6) is 5.75 Å². The predicted molar refractivity (Wildman–Crippen MR) is 65.8 cm³/mol. The van der Waals surface area contributed by atoms with Crippen molar-refractivity contribution in [3.8, 4) is 5.75 Å². The lowest BCUT2D eigenvalue weighted by atomic mass is 10.0. The van der Waals surface area contributed by atoms with Crippen LogP contribution in [0.2, 0.25) is 0 Å². The minimum Gasteiger partial charge on any atom is -0.468 e. The topological polar surface area (TPSA) is 35.5 Å². The van der Waals surface area contributed by atoms with Crippen molar-refractivity contribution in [2.75, 3.05) is 13.9 Å². The highest BCUT2D eigenvalue weighted by atomic mass is 32.1. The normalized spacial score (nSPS) is 12.2. The van der Waals surface area contributed by atoms with Crippen molar-refractivity contribution in [2.24, 2.45) is 5.92 Å². The Morgan fingerprint density at radius 1 is 1.38 bits per heavy atom. The third-order valence-electron chi connectivity index (χ3n) is 2.23. The van der Waals surface area contributed by atoms with E-state index in [-0.39, 0.29) is 17.8 Å². The monoisotopic (exact) mass is 240 g/mol. The SMILES string of the molecule is COCOc1ccc(CC(C)C(=O)S)cc1. The molecule has 0 aromatic heterocycles. The third-order valence-corrected chi connectivity index (χ3v) is 2.67. The van der Waals surface area contributed by atoms with Crippen molar-refractivity contribution in [3.05, 3.63) is 29.8 Å². The van der Waals surface area contributed by atoms with Crippen LogP contribution in [-0.4, -0.2) is 19.0 Å². The van der Waals surface area contributed by atoms with Crippen molar-refractivity contribution in [1.29, 1.82) is 0 Å². The summed E-state index contributed by atoms with van der Waals surface area (Å²) in [7, 11) is 1.58. The van der Waals surface area contributed by atoms with Crippen LogP contribution in [-0.2, 0) is 16.0 Å². The summed E-state index contributed by atoms with van der Waals surface area (Å²) in [6.45, 7) is 2.11. The molecule has 0 N–H and O–H groups in total. The van der Waals surface area contributed by atoms with Gasteiger partial charge in [-0.3, -0.25) is 4.79 Å². The number of rotatable bonds is 6. The molecule has 0 bridgehead atoms. The quantitative estimate of drug-likeness (QED) is 0.612. The first-order valence-electron chi connectivity index (χ1n) is 5.07. The van der Waals surface area contributed by atoms with Gasteiger partial charge in [0.25, 0.3) is 0 Å². The third kappa shape index (κ3) is 4.24. The second kappa shape index (κ2) is 6.55. The molecule has 1 atom stereocenters. The molecule has 16 heavy (non-hydrogen) atoms. The standard InChI is InChI=1S/C12H16O3S/c1-9(12(13)16)7-10-3-5-11(6-4-10)15-8-14-2/h3-6,9H,7-8H2,1-2H3,(H,13,16). The smallest absolute Gasteiger partial charge is 0.189 e. The molecule has 0 amide bonds. The number of hydrogen-bond donors (Lipinski definition) is 1. The predicted octanol–water partition coefficient (Wildman–Crippen LogP) is 2.30. The summed E-state index contributed by atoms with van der Waals surface area (Å²) >= 11 is 3.81. The van der Waals surface area contributed by atoms with Gasteiger partial charge < -0.3 is 9.47 Å². The minimum atomic E-state index is -0.0836. The number of carbonyl (C=O) groups is 1. The van der Waals surface area contributed by atoms with E-state index in [9.17, 15) is 4.79 Å². The van der Waals surface area contributed by atoms with Gasteiger partial charge in [-0.15, -0.1) is 12.6 Å². The zero-order chi connectivity index (χ0) is 12.0. The summed E-state index contributed by atoms with van der Waals surface area (Å²) in [5.41, 5.74) is 1.10. The van der Waals surface area contributed by atoms with Crippen molar-refractivity contribution < 1.29 is 14.3 Å². The first-order valence-corrected chi connectivity index (χ1v) is 5.51. The van der Waals surface area contributed by atoms with E-state index in [2.05, 4.69) is 12.6 Å². The minimum absolute atomic E-state index is 0.0610. The summed E-state index contributed by atoms with van der Waals surface area (Å²) in [4.78, 5) is 11.0. The molecule has 0 fully saturated rings. The Morgan fingerprint density at radius 2 is 2.00 bits per heavy atom. The molecule has 0 radical (unpaired) electrons. The fourth-order valence-electron chi connectivity index (χ4n) is 1.29. The van der Waals surface area contributed by atoms with Gasteiger partial charge >= 0.3 is 0 Å². The molecule has 1 rings (SSSR count). The maximum atomic E-state index is 11.0. The Balaban J connectivity index is 2.54. The summed E-state index contributed by atoms with van der Waals surface area (Å²) in [6.07, 6.45) is 0.701. The largest absolute Gasteiger partial charge is 0.468 e. The highest BCUT2D eigenvalue weighted by Crippen LogP contribution is 2.16. The highest BCUT2D eigenvalue weighted by Gasteiger charge is 2.09. The second-order valence-electron chi connectivity index (χ2n) is 3.64. The van der Waals surface area contributed by atoms with Gasteiger partial charge in [0.15, 0.2) is 11.9 Å². The maximum Gasteiger partial charge on any atom is 0.189 e. The summed E-state index contributed by atoms with van der Waals surface area (Å²) in [6, 6.07) is 7.62. The molecule has 88 valence electrons. The van der Waals surface area contributed by atoms with Crippen LogP contribution in [0.25, 0.3) is 0 Å². The Bertz CT molecular complexity index is 335. The van der Waals surface area contributed by atoms with E-state index in [1.54, 1.807) is 7.11 Å². The summed E-state index contributed by atoms with van der Waals surface area (Å²) in [5, 5.41) is -0.0836. The number of carbonyl (C=O) groups excluding carboxylic acids is 1. The van der Waals surface area contributed by atoms with Crippen molar-refractivity contribution in [3.63, 3.8) is 0 Å². The van der Waals surface area contributed by atoms with E-state index in [1.807, 2.05) is 31.2 Å². The number of hydrogen-bond acceptors (Lipinski definition) is 3. The Morgan fingerprint density at radius 3 is 2.50 bits per heavy atom. The molecule has 0 spiro atoms. The lowest BCUT2D eigenvalue weighted by molar-refractivity contribution is -0.113. The number of ether oxygens (including phenoxy) is 2. The molecule has 4 heteroatoms. The maximum absolute atomic E-state index is 11.0. The molecule has 0 aliphatic carbocycles. The molecule has 0 heterocycles. The van der Waals surface area contributed by atoms with Gasteiger partial charge in [-0.1, -0.05) is 19.1 Å². The van der Waals surface area contributed by atoms with Gasteiger partial charge in [-0.05, 0) is 24.1 Å². The van der Waals surface area contributed by atoms with Gasteiger partial charge in [-0.2, -0.15) is 0 Å². The van der Waals surface area contributed by atoms with E-state index in [4.69, 9.17) is 9.47 Å². The van der Waals surface area contributed by atoms with Crippen LogP contribution in [0.4, 0.5) is 0 Å². The van der Waals surface area contributed by atoms with E-state index < -0.39 is 0 Å². The van der Waals surface area contributed by atoms with Crippen LogP contribution in [0.15, 0.2) is 24.3 Å². The van der Waals surface area contributed by atoms with E-state index >= 15 is 0 Å². The summed E-state index contributed by atoms with van der Waals surface area (Å²) in [5.74, 6) is 0.699. The van der Waals surface area contributed by atoms with Gasteiger partial charge in [-0.25, -0.2) is 0 Å². The molecule has 1 unspecified atom stereocenters. The van der Waals surface area contributed by atoms with Crippen LogP contribution in [0.3, 0.4) is 0 Å². The van der Waals surface area contributed by atoms with Crippen LogP contribution < -0.4 is 4.74 Å². The molecule has 0 saturated heterocycles. The van der Waals surface area contributed by atoms with Gasteiger partial charge in [0.2, 0.25) is 0 Å². The lowest BCUT2D eigenvalue weighted by Crippen LogP contribution is -2.07. The molecule has 0 aliphatic rings. The molecule has 3 nitrogen and oxygen atoms in total. The lowest BCUT2D eigenvalue weighted by Gasteiger charge is -2.08. The molecule has 1 aromatic rings. The number of thiol groups is 1. The van der Waals surface area contributed by atoms with Gasteiger partial charge in [0, 0.05) is 13.0 Å². The van der Waals surface area contributed by atoms with Crippen molar-refractivity contribution in [2.45, 2.75) is 13.3 Å². The fourth-order valence-corrected chi connectivity index (χ4v) is 1.38. The Hall–Kier alpha value is -1.00. The average molecular weight is 240 g/mol. The molecular weight excluding hydrogens is 224 g/mol. The van der Waals surface area contributed by atoms with Crippen LogP contribution >= 0.6 is 12.6 Å². The zero-order valence-electron chi connectivity index (χ0n) is 9.47. The van der Waals surface area contributed by atoms with E-state index in [0.717, 1.165) is 11.3 Å². The summed E-state index contributed by atoms with van der Waals surface area (Å²) < 4.78 is 10.1. The van der Waals surface area contributed by atoms with Crippen molar-refractivity contribution in [1.82, 2.24) is 0 Å². The number of benzene rings is 1. The second-order valence-corrected chi connectivity index (χ2v) is 4.08. The Kier molecular flexibility index (Phi) is 5.35. The van der Waals surface area contributed by atoms with Crippen LogP contribution in [0, 0.1) is 5.92 Å². The highest BCUT2D eigenvalue weighted by molar-refractivity contribution is 7.96.